The molecule has 0 saturated heterocycles. The molecule has 0 heterocycles. The molecule has 0 amide bonds. The van der Waals surface area contributed by atoms with Crippen LogP contribution in [0.25, 0.3) is 0 Å². The van der Waals surface area contributed by atoms with Gasteiger partial charge in [-0.1, -0.05) is 30.3 Å². The maximum Gasteiger partial charge on any atom is 0.177 e. The Kier molecular flexibility index (Phi) is 5.03. The molecule has 1 unspecified atom stereocenters. The van der Waals surface area contributed by atoms with E-state index in [9.17, 15) is 19.8 Å². The predicted octanol–water partition coefficient (Wildman–Crippen LogP) is -0.624. The second kappa shape index (κ2) is 6.15. The predicted molar refractivity (Wildman–Crippen MR) is 72.6 cm³/mol. The molecule has 5 heteroatoms. The van der Waals surface area contributed by atoms with Gasteiger partial charge in [-0.15, -0.1) is 0 Å². The van der Waals surface area contributed by atoms with Crippen molar-refractivity contribution in [3.63, 3.8) is 0 Å². The average molecular weight is 279 g/mol. The summed E-state index contributed by atoms with van der Waals surface area (Å²) in [7, 11) is 5.36. The lowest BCUT2D eigenvalue weighted by Crippen LogP contribution is -2.56. The van der Waals surface area contributed by atoms with Crippen molar-refractivity contribution in [2.45, 2.75) is 18.4 Å². The topological polar surface area (TPSA) is 77.4 Å². The van der Waals surface area contributed by atoms with Gasteiger partial charge in [-0.25, -0.2) is 0 Å². The second-order valence-electron chi connectivity index (χ2n) is 6.11. The summed E-state index contributed by atoms with van der Waals surface area (Å²) in [4.78, 5) is 23.1. The third-order valence-electron chi connectivity index (χ3n) is 2.90. The number of nitrogens with zero attached hydrogens (tertiary/aromatic N) is 1. The van der Waals surface area contributed by atoms with Crippen LogP contribution in [0.4, 0.5) is 0 Å². The molecule has 20 heavy (non-hydrogen) atoms. The Hall–Kier alpha value is -1.72. The van der Waals surface area contributed by atoms with Crippen LogP contribution in [0.5, 0.6) is 0 Å². The first-order chi connectivity index (χ1) is 9.12. The van der Waals surface area contributed by atoms with E-state index in [4.69, 9.17) is 0 Å². The zero-order valence-electron chi connectivity index (χ0n) is 12.1. The molecule has 1 rings (SSSR count). The van der Waals surface area contributed by atoms with E-state index in [1.54, 1.807) is 45.4 Å². The SMILES string of the molecule is C[N+](C)(C)CC(O)(CC(=O)[O-])C(=O)Cc1ccccc1. The summed E-state index contributed by atoms with van der Waals surface area (Å²) in [5.41, 5.74) is -1.16. The molecule has 0 aliphatic rings. The maximum atomic E-state index is 12.3. The first-order valence-electron chi connectivity index (χ1n) is 6.42. The lowest BCUT2D eigenvalue weighted by molar-refractivity contribution is -0.875. The summed E-state index contributed by atoms with van der Waals surface area (Å²) in [6.07, 6.45) is -0.682. The molecular formula is C15H21NO4. The van der Waals surface area contributed by atoms with Crippen LogP contribution in [0.2, 0.25) is 0 Å². The zero-order valence-corrected chi connectivity index (χ0v) is 12.1. The zero-order chi connectivity index (χ0) is 15.4. The second-order valence-corrected chi connectivity index (χ2v) is 6.11. The molecule has 1 aromatic carbocycles. The Morgan fingerprint density at radius 1 is 1.20 bits per heavy atom. The number of benzene rings is 1. The van der Waals surface area contributed by atoms with Gasteiger partial charge in [-0.2, -0.15) is 0 Å². The number of hydrogen-bond donors (Lipinski definition) is 1. The summed E-state index contributed by atoms with van der Waals surface area (Å²) in [6, 6.07) is 8.94. The van der Waals surface area contributed by atoms with E-state index >= 15 is 0 Å². The highest BCUT2D eigenvalue weighted by Gasteiger charge is 2.40. The molecule has 0 fully saturated rings. The van der Waals surface area contributed by atoms with Crippen molar-refractivity contribution in [2.75, 3.05) is 27.7 Å². The first kappa shape index (κ1) is 16.3. The summed E-state index contributed by atoms with van der Waals surface area (Å²) in [6.45, 7) is 0.0205. The number of Topliss-reactive ketones (excluding diaryl/α,β-unsaturated/α-hetero) is 1. The molecule has 0 aliphatic carbocycles. The van der Waals surface area contributed by atoms with Crippen LogP contribution in [0.1, 0.15) is 12.0 Å². The van der Waals surface area contributed by atoms with Gasteiger partial charge in [0.2, 0.25) is 0 Å². The fourth-order valence-corrected chi connectivity index (χ4v) is 2.21. The molecule has 0 aliphatic heterocycles. The van der Waals surface area contributed by atoms with Crippen LogP contribution >= 0.6 is 0 Å². The van der Waals surface area contributed by atoms with E-state index < -0.39 is 23.8 Å². The summed E-state index contributed by atoms with van der Waals surface area (Å²) < 4.78 is 0.282. The van der Waals surface area contributed by atoms with Crippen molar-refractivity contribution in [3.05, 3.63) is 35.9 Å². The van der Waals surface area contributed by atoms with Crippen molar-refractivity contribution >= 4 is 11.8 Å². The average Bonchev–Trinajstić information content (AvgIpc) is 2.26. The molecule has 1 aromatic rings. The number of rotatable bonds is 7. The van der Waals surface area contributed by atoms with Crippen LogP contribution in [0.15, 0.2) is 30.3 Å². The highest BCUT2D eigenvalue weighted by Crippen LogP contribution is 2.18. The molecule has 1 atom stereocenters. The van der Waals surface area contributed by atoms with Crippen LogP contribution in [0, 0.1) is 0 Å². The van der Waals surface area contributed by atoms with Crippen molar-refractivity contribution in [1.29, 1.82) is 0 Å². The summed E-state index contributed by atoms with van der Waals surface area (Å²) in [5.74, 6) is -1.93. The van der Waals surface area contributed by atoms with Gasteiger partial charge < -0.3 is 19.5 Å². The number of ketones is 1. The number of aliphatic hydroxyl groups is 1. The molecule has 0 spiro atoms. The van der Waals surface area contributed by atoms with E-state index in [0.29, 0.717) is 0 Å². The van der Waals surface area contributed by atoms with Crippen molar-refractivity contribution in [3.8, 4) is 0 Å². The number of aliphatic carboxylic acids is 1. The first-order valence-corrected chi connectivity index (χ1v) is 6.42. The molecule has 1 N–H and O–H groups in total. The number of hydrogen-bond acceptors (Lipinski definition) is 4. The Balaban J connectivity index is 2.92. The van der Waals surface area contributed by atoms with Crippen LogP contribution in [0.3, 0.4) is 0 Å². The van der Waals surface area contributed by atoms with Gasteiger partial charge in [0.25, 0.3) is 0 Å². The minimum atomic E-state index is -1.91. The Labute approximate surface area is 119 Å². The molecule has 0 radical (unpaired) electrons. The van der Waals surface area contributed by atoms with E-state index in [-0.39, 0.29) is 17.4 Å². The third-order valence-corrected chi connectivity index (χ3v) is 2.90. The third kappa shape index (κ3) is 5.11. The number of carboxylic acid groups (broad SMARTS) is 1. The number of carbonyl (C=O) groups is 2. The number of likely N-dealkylation sites (N-methyl/N-ethyl adjacent to an activating group) is 1. The van der Waals surface area contributed by atoms with Gasteiger partial charge in [0, 0.05) is 18.8 Å². The highest BCUT2D eigenvalue weighted by molar-refractivity contribution is 5.92. The van der Waals surface area contributed by atoms with Gasteiger partial charge >= 0.3 is 0 Å². The highest BCUT2D eigenvalue weighted by atomic mass is 16.4. The normalized spacial score (nSPS) is 14.6. The van der Waals surface area contributed by atoms with Gasteiger partial charge in [-0.05, 0) is 5.56 Å². The standard InChI is InChI=1S/C15H21NO4/c1-16(2,3)11-15(20,10-14(18)19)13(17)9-12-7-5-4-6-8-12/h4-8,20H,9-11H2,1-3H3. The fraction of sp³-hybridized carbons (Fsp3) is 0.467. The van der Waals surface area contributed by atoms with Gasteiger partial charge in [0.1, 0.15) is 6.54 Å². The van der Waals surface area contributed by atoms with Crippen LogP contribution < -0.4 is 5.11 Å². The maximum absolute atomic E-state index is 12.3. The van der Waals surface area contributed by atoms with Gasteiger partial charge in [0.05, 0.1) is 21.1 Å². The quantitative estimate of drug-likeness (QED) is 0.675. The molecule has 110 valence electrons. The molecular weight excluding hydrogens is 258 g/mol. The number of quaternary nitrogens is 1. The van der Waals surface area contributed by atoms with Crippen LogP contribution in [-0.2, 0) is 16.0 Å². The molecule has 5 nitrogen and oxygen atoms in total. The fourth-order valence-electron chi connectivity index (χ4n) is 2.21. The largest absolute Gasteiger partial charge is 0.550 e. The van der Waals surface area contributed by atoms with Crippen molar-refractivity contribution in [2.24, 2.45) is 0 Å². The minimum Gasteiger partial charge on any atom is -0.550 e. The summed E-state index contributed by atoms with van der Waals surface area (Å²) >= 11 is 0. The van der Waals surface area contributed by atoms with Gasteiger partial charge in [-0.3, -0.25) is 4.79 Å². The van der Waals surface area contributed by atoms with E-state index in [2.05, 4.69) is 0 Å². The molecule has 0 aromatic heterocycles. The Morgan fingerprint density at radius 2 is 1.75 bits per heavy atom. The van der Waals surface area contributed by atoms with E-state index in [1.165, 1.54) is 0 Å². The van der Waals surface area contributed by atoms with Crippen LogP contribution in [-0.4, -0.2) is 54.6 Å². The monoisotopic (exact) mass is 279 g/mol. The van der Waals surface area contributed by atoms with E-state index in [0.717, 1.165) is 5.56 Å². The van der Waals surface area contributed by atoms with Crippen molar-refractivity contribution < 1.29 is 24.3 Å². The lowest BCUT2D eigenvalue weighted by Gasteiger charge is -2.34. The Bertz CT molecular complexity index is 478. The summed E-state index contributed by atoms with van der Waals surface area (Å²) in [5, 5.41) is 21.3. The smallest absolute Gasteiger partial charge is 0.177 e. The van der Waals surface area contributed by atoms with Crippen molar-refractivity contribution in [1.82, 2.24) is 0 Å². The minimum absolute atomic E-state index is 0.00458. The lowest BCUT2D eigenvalue weighted by atomic mass is 9.89. The molecule has 0 bridgehead atoms. The Morgan fingerprint density at radius 3 is 2.20 bits per heavy atom. The number of carbonyl (C=O) groups excluding carboxylic acids is 2. The number of carboxylic acids is 1. The molecule has 0 saturated carbocycles. The van der Waals surface area contributed by atoms with E-state index in [1.807, 2.05) is 6.07 Å². The van der Waals surface area contributed by atoms with Gasteiger partial charge in [0.15, 0.2) is 11.4 Å².